The van der Waals surface area contributed by atoms with E-state index in [1.807, 2.05) is 42.2 Å². The number of hydrogen-bond donors (Lipinski definition) is 0. The number of benzene rings is 2. The van der Waals surface area contributed by atoms with Gasteiger partial charge >= 0.3 is 0 Å². The maximum Gasteiger partial charge on any atom is 0.243 e. The Morgan fingerprint density at radius 2 is 1.73 bits per heavy atom. The molecule has 5 rings (SSSR count). The van der Waals surface area contributed by atoms with Crippen LogP contribution >= 0.6 is 0 Å². The summed E-state index contributed by atoms with van der Waals surface area (Å²) in [6.07, 6.45) is 1.51. The highest BCUT2D eigenvalue weighted by Gasteiger charge is 2.30. The third kappa shape index (κ3) is 3.08. The molecule has 1 aliphatic rings. The van der Waals surface area contributed by atoms with E-state index in [4.69, 9.17) is 0 Å². The summed E-state index contributed by atoms with van der Waals surface area (Å²) in [6.45, 7) is 4.46. The number of piperazine rings is 1. The number of fused-ring (bicyclic) bond motifs is 2. The second kappa shape index (κ2) is 7.29. The van der Waals surface area contributed by atoms with E-state index in [0.29, 0.717) is 54.6 Å². The Hall–Kier alpha value is -3.11. The topological polar surface area (TPSA) is 97.1 Å². The van der Waals surface area contributed by atoms with E-state index in [9.17, 15) is 8.42 Å². The van der Waals surface area contributed by atoms with Gasteiger partial charge in [0.15, 0.2) is 17.0 Å². The molecule has 3 heterocycles. The van der Waals surface area contributed by atoms with Crippen molar-refractivity contribution in [1.29, 1.82) is 0 Å². The molecule has 154 valence electrons. The molecule has 30 heavy (non-hydrogen) atoms. The minimum atomic E-state index is -3.56. The van der Waals surface area contributed by atoms with E-state index < -0.39 is 10.0 Å². The van der Waals surface area contributed by atoms with Gasteiger partial charge in [-0.25, -0.2) is 23.1 Å². The number of hydrogen-bond acceptors (Lipinski definition) is 7. The molecule has 0 amide bonds. The summed E-state index contributed by atoms with van der Waals surface area (Å²) in [5.41, 5.74) is 1.33. The average Bonchev–Trinajstić information content (AvgIpc) is 3.22. The Balaban J connectivity index is 1.38. The number of sulfonamides is 1. The standard InChI is InChI=1S/C20H21N7O2S/c1-2-27-20-18(23-24-27)19(21-14-22-20)25-9-11-26(12-10-25)30(28,29)17-8-7-15-5-3-4-6-16(15)13-17/h3-8,13-14H,2,9-12H2,1H3. The van der Waals surface area contributed by atoms with Crippen LogP contribution in [0.3, 0.4) is 0 Å². The lowest BCUT2D eigenvalue weighted by atomic mass is 10.1. The second-order valence-corrected chi connectivity index (χ2v) is 9.11. The zero-order valence-corrected chi connectivity index (χ0v) is 17.3. The third-order valence-corrected chi connectivity index (χ3v) is 7.37. The first-order valence-corrected chi connectivity index (χ1v) is 11.3. The smallest absolute Gasteiger partial charge is 0.243 e. The van der Waals surface area contributed by atoms with Gasteiger partial charge in [-0.05, 0) is 29.8 Å². The van der Waals surface area contributed by atoms with Gasteiger partial charge in [0.05, 0.1) is 4.90 Å². The molecular weight excluding hydrogens is 402 g/mol. The molecule has 10 heteroatoms. The van der Waals surface area contributed by atoms with E-state index >= 15 is 0 Å². The lowest BCUT2D eigenvalue weighted by Gasteiger charge is -2.34. The van der Waals surface area contributed by atoms with Gasteiger partial charge in [0.2, 0.25) is 10.0 Å². The fourth-order valence-electron chi connectivity index (χ4n) is 3.84. The number of aromatic nitrogens is 5. The zero-order valence-electron chi connectivity index (χ0n) is 16.5. The molecule has 0 aliphatic carbocycles. The maximum absolute atomic E-state index is 13.2. The van der Waals surface area contributed by atoms with Gasteiger partial charge in [-0.15, -0.1) is 5.10 Å². The molecule has 0 N–H and O–H groups in total. The number of aryl methyl sites for hydroxylation is 1. The predicted molar refractivity (Wildman–Crippen MR) is 114 cm³/mol. The Morgan fingerprint density at radius 3 is 2.50 bits per heavy atom. The molecule has 0 radical (unpaired) electrons. The minimum Gasteiger partial charge on any atom is -0.352 e. The first-order valence-electron chi connectivity index (χ1n) is 9.86. The highest BCUT2D eigenvalue weighted by Crippen LogP contribution is 2.25. The molecule has 4 aromatic rings. The van der Waals surface area contributed by atoms with Gasteiger partial charge in [-0.2, -0.15) is 4.31 Å². The van der Waals surface area contributed by atoms with Crippen molar-refractivity contribution in [1.82, 2.24) is 29.3 Å². The van der Waals surface area contributed by atoms with Gasteiger partial charge in [-0.3, -0.25) is 0 Å². The molecule has 1 saturated heterocycles. The van der Waals surface area contributed by atoms with Crippen molar-refractivity contribution in [3.8, 4) is 0 Å². The van der Waals surface area contributed by atoms with E-state index in [2.05, 4.69) is 20.3 Å². The largest absolute Gasteiger partial charge is 0.352 e. The molecule has 2 aromatic carbocycles. The Labute approximate surface area is 174 Å². The summed E-state index contributed by atoms with van der Waals surface area (Å²) in [5, 5.41) is 10.3. The van der Waals surface area contributed by atoms with Crippen molar-refractivity contribution in [2.24, 2.45) is 0 Å². The molecule has 0 spiro atoms. The van der Waals surface area contributed by atoms with Crippen LogP contribution in [0.2, 0.25) is 0 Å². The van der Waals surface area contributed by atoms with Crippen LogP contribution in [0.1, 0.15) is 6.92 Å². The van der Waals surface area contributed by atoms with Crippen molar-refractivity contribution in [2.45, 2.75) is 18.4 Å². The van der Waals surface area contributed by atoms with E-state index in [-0.39, 0.29) is 0 Å². The molecule has 1 aliphatic heterocycles. The van der Waals surface area contributed by atoms with Crippen LogP contribution in [0.15, 0.2) is 53.7 Å². The zero-order chi connectivity index (χ0) is 20.7. The van der Waals surface area contributed by atoms with Gasteiger partial charge in [0, 0.05) is 32.7 Å². The predicted octanol–water partition coefficient (Wildman–Crippen LogP) is 1.91. The molecule has 0 bridgehead atoms. The lowest BCUT2D eigenvalue weighted by Crippen LogP contribution is -2.49. The Bertz CT molecular complexity index is 1330. The van der Waals surface area contributed by atoms with Crippen molar-refractivity contribution in [3.63, 3.8) is 0 Å². The number of nitrogens with zero attached hydrogens (tertiary/aromatic N) is 7. The third-order valence-electron chi connectivity index (χ3n) is 5.48. The summed E-state index contributed by atoms with van der Waals surface area (Å²) >= 11 is 0. The first kappa shape index (κ1) is 18.9. The highest BCUT2D eigenvalue weighted by molar-refractivity contribution is 7.89. The minimum absolute atomic E-state index is 0.324. The van der Waals surface area contributed by atoms with Gasteiger partial charge in [-0.1, -0.05) is 35.5 Å². The fourth-order valence-corrected chi connectivity index (χ4v) is 5.30. The van der Waals surface area contributed by atoms with E-state index in [1.54, 1.807) is 16.8 Å². The van der Waals surface area contributed by atoms with Crippen LogP contribution in [0, 0.1) is 0 Å². The molecule has 0 saturated carbocycles. The Kier molecular flexibility index (Phi) is 4.59. The van der Waals surface area contributed by atoms with Gasteiger partial charge < -0.3 is 4.90 Å². The Morgan fingerprint density at radius 1 is 0.967 bits per heavy atom. The van der Waals surface area contributed by atoms with Crippen molar-refractivity contribution < 1.29 is 8.42 Å². The monoisotopic (exact) mass is 423 g/mol. The van der Waals surface area contributed by atoms with Crippen molar-refractivity contribution in [2.75, 3.05) is 31.1 Å². The molecule has 0 unspecified atom stereocenters. The van der Waals surface area contributed by atoms with Crippen LogP contribution in [-0.2, 0) is 16.6 Å². The van der Waals surface area contributed by atoms with Gasteiger partial charge in [0.1, 0.15) is 6.33 Å². The normalized spacial score (nSPS) is 15.8. The molecule has 0 atom stereocenters. The molecule has 9 nitrogen and oxygen atoms in total. The summed E-state index contributed by atoms with van der Waals surface area (Å²) in [4.78, 5) is 11.0. The van der Waals surface area contributed by atoms with Crippen molar-refractivity contribution >= 4 is 37.8 Å². The summed E-state index contributed by atoms with van der Waals surface area (Å²) in [6, 6.07) is 13.0. The second-order valence-electron chi connectivity index (χ2n) is 7.17. The quantitative estimate of drug-likeness (QED) is 0.494. The van der Waals surface area contributed by atoms with Crippen molar-refractivity contribution in [3.05, 3.63) is 48.8 Å². The summed E-state index contributed by atoms with van der Waals surface area (Å²) in [7, 11) is -3.56. The van der Waals surface area contributed by atoms with Crippen LogP contribution < -0.4 is 4.90 Å². The summed E-state index contributed by atoms with van der Waals surface area (Å²) in [5.74, 6) is 0.697. The lowest BCUT2D eigenvalue weighted by molar-refractivity contribution is 0.384. The van der Waals surface area contributed by atoms with Crippen LogP contribution in [-0.4, -0.2) is 63.9 Å². The fraction of sp³-hybridized carbons (Fsp3) is 0.300. The highest BCUT2D eigenvalue weighted by atomic mass is 32.2. The maximum atomic E-state index is 13.2. The molecular formula is C20H21N7O2S. The molecule has 1 fully saturated rings. The van der Waals surface area contributed by atoms with Crippen LogP contribution in [0.5, 0.6) is 0 Å². The van der Waals surface area contributed by atoms with E-state index in [0.717, 1.165) is 10.8 Å². The van der Waals surface area contributed by atoms with Crippen LogP contribution in [0.4, 0.5) is 5.82 Å². The average molecular weight is 424 g/mol. The molecule has 2 aromatic heterocycles. The van der Waals surface area contributed by atoms with Gasteiger partial charge in [0.25, 0.3) is 0 Å². The van der Waals surface area contributed by atoms with E-state index in [1.165, 1.54) is 10.6 Å². The number of anilines is 1. The van der Waals surface area contributed by atoms with Crippen LogP contribution in [0.25, 0.3) is 21.9 Å². The number of rotatable bonds is 4. The first-order chi connectivity index (χ1) is 14.6. The summed E-state index contributed by atoms with van der Waals surface area (Å²) < 4.78 is 29.6. The SMILES string of the molecule is CCn1nnc2c(N3CCN(S(=O)(=O)c4ccc5ccccc5c4)CC3)ncnc21.